The predicted molar refractivity (Wildman–Crippen MR) is 64.5 cm³/mol. The monoisotopic (exact) mass is 260 g/mol. The van der Waals surface area contributed by atoms with Gasteiger partial charge in [0.2, 0.25) is 5.28 Å². The lowest BCUT2D eigenvalue weighted by Crippen LogP contribution is -2.42. The Balaban J connectivity index is 2.02. The molecule has 2 rings (SSSR count). The molecular weight excluding hydrogens is 247 g/mol. The van der Waals surface area contributed by atoms with Crippen molar-refractivity contribution in [2.75, 3.05) is 13.1 Å². The van der Waals surface area contributed by atoms with Crippen LogP contribution in [-0.4, -0.2) is 34.0 Å². The van der Waals surface area contributed by atoms with Crippen LogP contribution in [0.1, 0.15) is 18.4 Å². The van der Waals surface area contributed by atoms with E-state index in [2.05, 4.69) is 14.9 Å². The normalized spacial score (nSPS) is 22.3. The predicted octanol–water partition coefficient (Wildman–Crippen LogP) is 1.71. The first kappa shape index (κ1) is 12.0. The standard InChI is InChI=1S/C10H14Cl2N4/c11-9-7(4-14-10(12)15-9)5-16-3-1-2-8(13)6-16/h4,8H,1-3,5-6,13H2/t8-/m1/s1. The van der Waals surface area contributed by atoms with Gasteiger partial charge in [-0.05, 0) is 31.0 Å². The number of nitrogens with zero attached hydrogens (tertiary/aromatic N) is 3. The zero-order valence-corrected chi connectivity index (χ0v) is 10.4. The SMILES string of the molecule is N[C@@H]1CCCN(Cc2cnc(Cl)nc2Cl)C1. The highest BCUT2D eigenvalue weighted by atomic mass is 35.5. The van der Waals surface area contributed by atoms with Crippen molar-refractivity contribution in [1.29, 1.82) is 0 Å². The van der Waals surface area contributed by atoms with E-state index in [1.54, 1.807) is 6.20 Å². The van der Waals surface area contributed by atoms with Gasteiger partial charge in [0.25, 0.3) is 0 Å². The lowest BCUT2D eigenvalue weighted by atomic mass is 10.1. The average Bonchev–Trinajstić information content (AvgIpc) is 2.22. The van der Waals surface area contributed by atoms with Crippen LogP contribution in [0, 0.1) is 0 Å². The van der Waals surface area contributed by atoms with Crippen molar-refractivity contribution in [1.82, 2.24) is 14.9 Å². The molecule has 2 N–H and O–H groups in total. The molecule has 1 aliphatic rings. The first-order chi connectivity index (χ1) is 7.65. The minimum Gasteiger partial charge on any atom is -0.327 e. The Hall–Kier alpha value is -0.420. The van der Waals surface area contributed by atoms with E-state index in [-0.39, 0.29) is 11.3 Å². The summed E-state index contributed by atoms with van der Waals surface area (Å²) in [5, 5.41) is 0.614. The molecule has 1 atom stereocenters. The van der Waals surface area contributed by atoms with Crippen molar-refractivity contribution in [3.63, 3.8) is 0 Å². The molecule has 1 fully saturated rings. The van der Waals surface area contributed by atoms with Gasteiger partial charge in [-0.15, -0.1) is 0 Å². The van der Waals surface area contributed by atoms with Crippen molar-refractivity contribution in [2.24, 2.45) is 5.73 Å². The maximum Gasteiger partial charge on any atom is 0.223 e. The number of nitrogens with two attached hydrogens (primary N) is 1. The average molecular weight is 261 g/mol. The first-order valence-electron chi connectivity index (χ1n) is 5.30. The van der Waals surface area contributed by atoms with Crippen molar-refractivity contribution >= 4 is 23.2 Å². The van der Waals surface area contributed by atoms with Gasteiger partial charge in [0.05, 0.1) is 0 Å². The van der Waals surface area contributed by atoms with Gasteiger partial charge >= 0.3 is 0 Å². The Morgan fingerprint density at radius 1 is 1.50 bits per heavy atom. The van der Waals surface area contributed by atoms with Crippen molar-refractivity contribution in [3.8, 4) is 0 Å². The minimum absolute atomic E-state index is 0.184. The molecule has 6 heteroatoms. The van der Waals surface area contributed by atoms with E-state index in [1.807, 2.05) is 0 Å². The van der Waals surface area contributed by atoms with Crippen LogP contribution in [0.15, 0.2) is 6.20 Å². The summed E-state index contributed by atoms with van der Waals surface area (Å²) in [5.41, 5.74) is 6.82. The summed E-state index contributed by atoms with van der Waals surface area (Å²) in [6.07, 6.45) is 3.91. The van der Waals surface area contributed by atoms with E-state index in [0.29, 0.717) is 5.15 Å². The maximum atomic E-state index is 5.99. The van der Waals surface area contributed by atoms with Crippen LogP contribution in [0.25, 0.3) is 0 Å². The minimum atomic E-state index is 0.184. The number of halogens is 2. The molecule has 16 heavy (non-hydrogen) atoms. The molecule has 0 aliphatic carbocycles. The third-order valence-corrected chi connectivity index (χ3v) is 3.23. The molecule has 1 aromatic rings. The van der Waals surface area contributed by atoms with Gasteiger partial charge in [-0.25, -0.2) is 9.97 Å². The Morgan fingerprint density at radius 2 is 2.31 bits per heavy atom. The van der Waals surface area contributed by atoms with Crippen LogP contribution in [-0.2, 0) is 6.54 Å². The number of piperidine rings is 1. The third kappa shape index (κ3) is 3.04. The fraction of sp³-hybridized carbons (Fsp3) is 0.600. The highest BCUT2D eigenvalue weighted by Crippen LogP contribution is 2.18. The number of aromatic nitrogens is 2. The molecule has 0 spiro atoms. The van der Waals surface area contributed by atoms with Gasteiger partial charge in [0.15, 0.2) is 0 Å². The lowest BCUT2D eigenvalue weighted by Gasteiger charge is -2.30. The molecule has 4 nitrogen and oxygen atoms in total. The number of likely N-dealkylation sites (tertiary alicyclic amines) is 1. The Bertz CT molecular complexity index is 372. The van der Waals surface area contributed by atoms with Crippen LogP contribution in [0.3, 0.4) is 0 Å². The van der Waals surface area contributed by atoms with Gasteiger partial charge in [-0.1, -0.05) is 11.6 Å². The second kappa shape index (κ2) is 5.27. The fourth-order valence-electron chi connectivity index (χ4n) is 1.95. The molecule has 0 radical (unpaired) electrons. The van der Waals surface area contributed by atoms with Crippen molar-refractivity contribution in [2.45, 2.75) is 25.4 Å². The molecule has 0 aromatic carbocycles. The summed E-state index contributed by atoms with van der Waals surface area (Å²) in [5.74, 6) is 0. The van der Waals surface area contributed by atoms with E-state index in [0.717, 1.165) is 38.0 Å². The second-order valence-electron chi connectivity index (χ2n) is 4.09. The Morgan fingerprint density at radius 3 is 3.00 bits per heavy atom. The fourth-order valence-corrected chi connectivity index (χ4v) is 2.31. The van der Waals surface area contributed by atoms with Crippen LogP contribution >= 0.6 is 23.2 Å². The van der Waals surface area contributed by atoms with Crippen LogP contribution in [0.5, 0.6) is 0 Å². The van der Waals surface area contributed by atoms with E-state index in [1.165, 1.54) is 0 Å². The van der Waals surface area contributed by atoms with Crippen LogP contribution < -0.4 is 5.73 Å². The van der Waals surface area contributed by atoms with Gasteiger partial charge in [0.1, 0.15) is 5.15 Å². The third-order valence-electron chi connectivity index (χ3n) is 2.72. The van der Waals surface area contributed by atoms with Gasteiger partial charge in [-0.2, -0.15) is 0 Å². The Labute approximate surface area is 105 Å². The van der Waals surface area contributed by atoms with E-state index < -0.39 is 0 Å². The molecule has 1 saturated heterocycles. The molecule has 1 aliphatic heterocycles. The molecule has 88 valence electrons. The van der Waals surface area contributed by atoms with Crippen LogP contribution in [0.4, 0.5) is 0 Å². The summed E-state index contributed by atoms with van der Waals surface area (Å²) in [6, 6.07) is 0.265. The molecule has 1 aromatic heterocycles. The quantitative estimate of drug-likeness (QED) is 0.650. The van der Waals surface area contributed by atoms with Gasteiger partial charge in [0, 0.05) is 30.9 Å². The van der Waals surface area contributed by atoms with E-state index in [9.17, 15) is 0 Å². The Kier molecular flexibility index (Phi) is 3.97. The van der Waals surface area contributed by atoms with Crippen LogP contribution in [0.2, 0.25) is 10.4 Å². The zero-order chi connectivity index (χ0) is 11.5. The summed E-state index contributed by atoms with van der Waals surface area (Å²) < 4.78 is 0. The second-order valence-corrected chi connectivity index (χ2v) is 4.79. The molecule has 0 bridgehead atoms. The van der Waals surface area contributed by atoms with E-state index in [4.69, 9.17) is 28.9 Å². The molecule has 0 amide bonds. The summed E-state index contributed by atoms with van der Waals surface area (Å²) in [4.78, 5) is 10.1. The first-order valence-corrected chi connectivity index (χ1v) is 6.05. The van der Waals surface area contributed by atoms with Crippen molar-refractivity contribution < 1.29 is 0 Å². The molecule has 0 saturated carbocycles. The van der Waals surface area contributed by atoms with Gasteiger partial charge < -0.3 is 5.73 Å². The van der Waals surface area contributed by atoms with Crippen molar-refractivity contribution in [3.05, 3.63) is 22.2 Å². The largest absolute Gasteiger partial charge is 0.327 e. The highest BCUT2D eigenvalue weighted by Gasteiger charge is 2.18. The maximum absolute atomic E-state index is 5.99. The molecule has 2 heterocycles. The zero-order valence-electron chi connectivity index (χ0n) is 8.87. The number of hydrogen-bond donors (Lipinski definition) is 1. The summed E-state index contributed by atoms with van der Waals surface area (Å²) in [6.45, 7) is 2.69. The van der Waals surface area contributed by atoms with E-state index >= 15 is 0 Å². The number of hydrogen-bond acceptors (Lipinski definition) is 4. The summed E-state index contributed by atoms with van der Waals surface area (Å²) in [7, 11) is 0. The smallest absolute Gasteiger partial charge is 0.223 e. The van der Waals surface area contributed by atoms with Gasteiger partial charge in [-0.3, -0.25) is 4.90 Å². The molecule has 0 unspecified atom stereocenters. The summed E-state index contributed by atoms with van der Waals surface area (Å²) >= 11 is 11.6. The topological polar surface area (TPSA) is 55.0 Å². The highest BCUT2D eigenvalue weighted by molar-refractivity contribution is 6.32. The molecular formula is C10H14Cl2N4. The lowest BCUT2D eigenvalue weighted by molar-refractivity contribution is 0.201. The number of rotatable bonds is 2.